The van der Waals surface area contributed by atoms with Crippen molar-refractivity contribution in [3.8, 4) is 0 Å². The fourth-order valence-electron chi connectivity index (χ4n) is 6.06. The lowest BCUT2D eigenvalue weighted by atomic mass is 9.68. The van der Waals surface area contributed by atoms with Crippen LogP contribution < -0.4 is 4.90 Å². The summed E-state index contributed by atoms with van der Waals surface area (Å²) in [7, 11) is 1.90. The quantitative estimate of drug-likeness (QED) is 0.602. The van der Waals surface area contributed by atoms with Crippen molar-refractivity contribution in [1.29, 1.82) is 0 Å². The lowest BCUT2D eigenvalue weighted by Crippen LogP contribution is -2.55. The molecule has 2 saturated carbocycles. The van der Waals surface area contributed by atoms with Gasteiger partial charge in [-0.05, 0) is 81.8 Å². The van der Waals surface area contributed by atoms with E-state index in [2.05, 4.69) is 54.2 Å². The molecule has 1 heterocycles. The Hall–Kier alpha value is -2.38. The van der Waals surface area contributed by atoms with Crippen molar-refractivity contribution < 1.29 is 13.2 Å². The minimum Gasteiger partial charge on any atom is -0.317 e. The Morgan fingerprint density at radius 3 is 2.15 bits per heavy atom. The molecule has 5 rings (SSSR count). The average Bonchev–Trinajstić information content (AvgIpc) is 3.62. The van der Waals surface area contributed by atoms with E-state index in [9.17, 15) is 13.2 Å². The van der Waals surface area contributed by atoms with Crippen LogP contribution in [0.4, 0.5) is 10.5 Å². The smallest absolute Gasteiger partial charge is 0.317 e. The third kappa shape index (κ3) is 4.24. The second kappa shape index (κ2) is 9.00. The summed E-state index contributed by atoms with van der Waals surface area (Å²) in [5.41, 5.74) is 2.82. The van der Waals surface area contributed by atoms with E-state index in [4.69, 9.17) is 0 Å². The number of nitrogens with zero attached hydrogens (tertiary/aromatic N) is 3. The van der Waals surface area contributed by atoms with Gasteiger partial charge < -0.3 is 4.90 Å². The number of anilines is 1. The summed E-state index contributed by atoms with van der Waals surface area (Å²) in [6.45, 7) is 1.55. The molecule has 2 aliphatic carbocycles. The Labute approximate surface area is 204 Å². The highest BCUT2D eigenvalue weighted by atomic mass is 32.2. The Balaban J connectivity index is 1.41. The number of benzene rings is 2. The highest BCUT2D eigenvalue weighted by Crippen LogP contribution is 2.50. The number of thiol groups is 1. The Morgan fingerprint density at radius 1 is 0.941 bits per heavy atom. The van der Waals surface area contributed by atoms with Gasteiger partial charge in [-0.2, -0.15) is 0 Å². The van der Waals surface area contributed by atoms with Crippen LogP contribution in [-0.4, -0.2) is 57.0 Å². The van der Waals surface area contributed by atoms with Crippen LogP contribution in [0.25, 0.3) is 0 Å². The molecule has 0 N–H and O–H groups in total. The first-order chi connectivity index (χ1) is 16.3. The molecule has 6 nitrogen and oxygen atoms in total. The van der Waals surface area contributed by atoms with Gasteiger partial charge in [0.05, 0.1) is 17.8 Å². The predicted molar refractivity (Wildman–Crippen MR) is 136 cm³/mol. The molecule has 3 fully saturated rings. The monoisotopic (exact) mass is 481 g/mol. The van der Waals surface area contributed by atoms with E-state index in [0.717, 1.165) is 43.5 Å². The summed E-state index contributed by atoms with van der Waals surface area (Å²) in [5, 5.41) is 0. The van der Waals surface area contributed by atoms with E-state index >= 15 is 0 Å². The highest BCUT2D eigenvalue weighted by molar-refractivity contribution is 7.71. The summed E-state index contributed by atoms with van der Waals surface area (Å²) >= 11 is 0. The second-order valence-electron chi connectivity index (χ2n) is 10.6. The first-order valence-electron chi connectivity index (χ1n) is 12.4. The third-order valence-electron chi connectivity index (χ3n) is 8.36. The Bertz CT molecular complexity index is 1090. The summed E-state index contributed by atoms with van der Waals surface area (Å²) in [5.74, 6) is 0.666. The van der Waals surface area contributed by atoms with Gasteiger partial charge in [-0.1, -0.05) is 42.5 Å². The molecule has 2 aromatic rings. The van der Waals surface area contributed by atoms with E-state index < -0.39 is 10.7 Å². The molecule has 0 unspecified atom stereocenters. The van der Waals surface area contributed by atoms with Crippen LogP contribution in [0.5, 0.6) is 0 Å². The van der Waals surface area contributed by atoms with Crippen LogP contribution >= 0.6 is 0 Å². The van der Waals surface area contributed by atoms with Crippen LogP contribution in [-0.2, 0) is 22.0 Å². The van der Waals surface area contributed by atoms with Crippen LogP contribution in [0.1, 0.15) is 49.7 Å². The van der Waals surface area contributed by atoms with Gasteiger partial charge in [-0.3, -0.25) is 9.80 Å². The van der Waals surface area contributed by atoms with Crippen molar-refractivity contribution >= 4 is 22.4 Å². The number of amides is 2. The maximum absolute atomic E-state index is 13.7. The average molecular weight is 482 g/mol. The normalized spacial score (nSPS) is 27.4. The zero-order chi connectivity index (χ0) is 23.9. The molecule has 2 amide bonds. The maximum atomic E-state index is 13.7. The minimum absolute atomic E-state index is 0.00904. The van der Waals surface area contributed by atoms with Gasteiger partial charge in [0.15, 0.2) is 0 Å². The standard InChI is InChI=1S/C27H35N3O3S/c1-28(2)27(23-6-4-3-5-7-23)16-14-26(15-17-27)20-29(25(31)30(26)18-21-8-9-21)24-12-10-22(11-13-24)19-34(32)33/h3-7,10-13,21,34H,8-9,14-20H2,1-2H3. The summed E-state index contributed by atoms with van der Waals surface area (Å²) in [4.78, 5) is 20.2. The number of carbonyl (C=O) groups excluding carboxylic acids is 1. The molecule has 2 aromatic carbocycles. The topological polar surface area (TPSA) is 60.9 Å². The van der Waals surface area contributed by atoms with Gasteiger partial charge >= 0.3 is 6.03 Å². The fourth-order valence-corrected chi connectivity index (χ4v) is 6.57. The number of carbonyl (C=O) groups is 1. The zero-order valence-corrected chi connectivity index (χ0v) is 21.0. The van der Waals surface area contributed by atoms with Gasteiger partial charge in [0, 0.05) is 17.8 Å². The minimum atomic E-state index is -2.46. The molecule has 1 saturated heterocycles. The molecule has 7 heteroatoms. The molecule has 182 valence electrons. The van der Waals surface area contributed by atoms with Crippen LogP contribution in [0.2, 0.25) is 0 Å². The second-order valence-corrected chi connectivity index (χ2v) is 11.6. The lowest BCUT2D eigenvalue weighted by Gasteiger charge is -2.51. The third-order valence-corrected chi connectivity index (χ3v) is 8.98. The van der Waals surface area contributed by atoms with Gasteiger partial charge in [-0.25, -0.2) is 13.2 Å². The van der Waals surface area contributed by atoms with Gasteiger partial charge in [0.2, 0.25) is 0 Å². The molecule has 0 bridgehead atoms. The van der Waals surface area contributed by atoms with Gasteiger partial charge in [-0.15, -0.1) is 0 Å². The Morgan fingerprint density at radius 2 is 1.59 bits per heavy atom. The van der Waals surface area contributed by atoms with Crippen molar-refractivity contribution in [1.82, 2.24) is 9.80 Å². The lowest BCUT2D eigenvalue weighted by molar-refractivity contribution is 0.0249. The van der Waals surface area contributed by atoms with Crippen LogP contribution in [0.3, 0.4) is 0 Å². The van der Waals surface area contributed by atoms with E-state index in [1.165, 1.54) is 18.4 Å². The first kappa shape index (κ1) is 23.4. The van der Waals surface area contributed by atoms with Crippen LogP contribution in [0, 0.1) is 5.92 Å². The fraction of sp³-hybridized carbons (Fsp3) is 0.519. The molecule has 1 spiro atoms. The number of hydrogen-bond donors (Lipinski definition) is 1. The highest BCUT2D eigenvalue weighted by Gasteiger charge is 2.55. The number of urea groups is 1. The van der Waals surface area contributed by atoms with Crippen molar-refractivity contribution in [2.45, 2.75) is 55.4 Å². The van der Waals surface area contributed by atoms with E-state index in [1.807, 2.05) is 29.2 Å². The van der Waals surface area contributed by atoms with E-state index in [0.29, 0.717) is 12.5 Å². The van der Waals surface area contributed by atoms with Crippen molar-refractivity contribution in [3.05, 3.63) is 65.7 Å². The van der Waals surface area contributed by atoms with E-state index in [-0.39, 0.29) is 22.9 Å². The summed E-state index contributed by atoms with van der Waals surface area (Å²) in [6.07, 6.45) is 6.41. The van der Waals surface area contributed by atoms with Crippen molar-refractivity contribution in [2.24, 2.45) is 5.92 Å². The first-order valence-corrected chi connectivity index (χ1v) is 13.7. The predicted octanol–water partition coefficient (Wildman–Crippen LogP) is 4.22. The maximum Gasteiger partial charge on any atom is 0.325 e. The SMILES string of the molecule is CN(C)C1(c2ccccc2)CCC2(CC1)CN(c1ccc(C[SH](=O)=O)cc1)C(=O)N2CC1CC1. The van der Waals surface area contributed by atoms with Crippen molar-refractivity contribution in [3.63, 3.8) is 0 Å². The van der Waals surface area contributed by atoms with Gasteiger partial charge in [0.25, 0.3) is 0 Å². The largest absolute Gasteiger partial charge is 0.325 e. The van der Waals surface area contributed by atoms with Crippen LogP contribution in [0.15, 0.2) is 54.6 Å². The molecule has 34 heavy (non-hydrogen) atoms. The zero-order valence-electron chi connectivity index (χ0n) is 20.2. The number of hydrogen-bond acceptors (Lipinski definition) is 4. The summed E-state index contributed by atoms with van der Waals surface area (Å²) < 4.78 is 22.2. The molecule has 0 aromatic heterocycles. The van der Waals surface area contributed by atoms with E-state index in [1.54, 1.807) is 0 Å². The summed E-state index contributed by atoms with van der Waals surface area (Å²) in [6, 6.07) is 18.4. The molecule has 0 radical (unpaired) electrons. The van der Waals surface area contributed by atoms with Gasteiger partial charge in [0.1, 0.15) is 10.7 Å². The molecular weight excluding hydrogens is 446 g/mol. The van der Waals surface area contributed by atoms with Crippen molar-refractivity contribution in [2.75, 3.05) is 32.1 Å². The molecule has 0 atom stereocenters. The number of rotatable bonds is 7. The molecule has 1 aliphatic heterocycles. The molecule has 3 aliphatic rings. The Kier molecular flexibility index (Phi) is 6.19. The molecular formula is C27H35N3O3S.